The van der Waals surface area contributed by atoms with Gasteiger partial charge in [-0.15, -0.1) is 0 Å². The number of imide groups is 1. The summed E-state index contributed by atoms with van der Waals surface area (Å²) in [7, 11) is 0. The fourth-order valence-corrected chi connectivity index (χ4v) is 2.23. The molecular formula is C14H8Cl3FN2O2. The van der Waals surface area contributed by atoms with Gasteiger partial charge in [0.1, 0.15) is 5.82 Å². The minimum Gasteiger partial charge on any atom is -0.306 e. The summed E-state index contributed by atoms with van der Waals surface area (Å²) in [5.74, 6) is -1.81. The van der Waals surface area contributed by atoms with Crippen molar-refractivity contribution in [2.24, 2.45) is 0 Å². The third-order valence-electron chi connectivity index (χ3n) is 2.62. The number of carbonyl (C=O) groups is 2. The Hall–Kier alpha value is -1.82. The fourth-order valence-electron chi connectivity index (χ4n) is 1.63. The summed E-state index contributed by atoms with van der Waals surface area (Å²) in [6.45, 7) is 0. The molecule has 0 unspecified atom stereocenters. The quantitative estimate of drug-likeness (QED) is 0.811. The van der Waals surface area contributed by atoms with Crippen LogP contribution < -0.4 is 10.6 Å². The van der Waals surface area contributed by atoms with E-state index >= 15 is 0 Å². The van der Waals surface area contributed by atoms with E-state index in [-0.39, 0.29) is 20.8 Å². The first kappa shape index (κ1) is 16.5. The third kappa shape index (κ3) is 3.68. The summed E-state index contributed by atoms with van der Waals surface area (Å²) in [6.07, 6.45) is 0. The summed E-state index contributed by atoms with van der Waals surface area (Å²) < 4.78 is 13.6. The SMILES string of the molecule is O=C(NC(=O)c1c(F)cccc1Cl)Nc1cccc(Cl)c1Cl. The number of nitrogens with one attached hydrogen (secondary N) is 2. The summed E-state index contributed by atoms with van der Waals surface area (Å²) in [5, 5.41) is 4.55. The zero-order valence-electron chi connectivity index (χ0n) is 10.8. The van der Waals surface area contributed by atoms with Crippen molar-refractivity contribution in [3.05, 3.63) is 62.8 Å². The molecule has 0 aliphatic heterocycles. The van der Waals surface area contributed by atoms with E-state index < -0.39 is 23.3 Å². The molecule has 0 spiro atoms. The van der Waals surface area contributed by atoms with Crippen LogP contribution in [-0.2, 0) is 0 Å². The van der Waals surface area contributed by atoms with Crippen molar-refractivity contribution >= 4 is 52.4 Å². The molecule has 0 saturated carbocycles. The molecule has 0 atom stereocenters. The second-order valence-corrected chi connectivity index (χ2v) is 5.30. The van der Waals surface area contributed by atoms with E-state index in [9.17, 15) is 14.0 Å². The number of urea groups is 1. The molecule has 0 saturated heterocycles. The van der Waals surface area contributed by atoms with Crippen molar-refractivity contribution in [1.82, 2.24) is 5.32 Å². The van der Waals surface area contributed by atoms with Gasteiger partial charge < -0.3 is 5.32 Å². The molecule has 2 N–H and O–H groups in total. The van der Waals surface area contributed by atoms with E-state index in [1.165, 1.54) is 24.3 Å². The van der Waals surface area contributed by atoms with E-state index in [1.807, 2.05) is 5.32 Å². The monoisotopic (exact) mass is 360 g/mol. The van der Waals surface area contributed by atoms with Crippen LogP contribution in [0.5, 0.6) is 0 Å². The van der Waals surface area contributed by atoms with E-state index in [0.29, 0.717) is 0 Å². The van der Waals surface area contributed by atoms with E-state index in [2.05, 4.69) is 5.32 Å². The molecule has 0 aromatic heterocycles. The molecule has 0 fully saturated rings. The van der Waals surface area contributed by atoms with Crippen molar-refractivity contribution < 1.29 is 14.0 Å². The Labute approximate surface area is 140 Å². The lowest BCUT2D eigenvalue weighted by atomic mass is 10.2. The van der Waals surface area contributed by atoms with Gasteiger partial charge in [-0.1, -0.05) is 46.9 Å². The molecule has 0 bridgehead atoms. The lowest BCUT2D eigenvalue weighted by Gasteiger charge is -2.10. The standard InChI is InChI=1S/C14H8Cl3FN2O2/c15-7-3-1-5-9(18)11(7)13(21)20-14(22)19-10-6-2-4-8(16)12(10)17/h1-6H,(H2,19,20,21,22). The maximum absolute atomic E-state index is 13.6. The van der Waals surface area contributed by atoms with Crippen molar-refractivity contribution in [2.75, 3.05) is 5.32 Å². The molecule has 0 radical (unpaired) electrons. The van der Waals surface area contributed by atoms with Crippen LogP contribution in [0.1, 0.15) is 10.4 Å². The van der Waals surface area contributed by atoms with E-state index in [1.54, 1.807) is 6.07 Å². The molecule has 0 heterocycles. The lowest BCUT2D eigenvalue weighted by Crippen LogP contribution is -2.35. The normalized spacial score (nSPS) is 10.2. The first-order valence-corrected chi connectivity index (χ1v) is 7.04. The topological polar surface area (TPSA) is 58.2 Å². The van der Waals surface area contributed by atoms with Gasteiger partial charge in [0, 0.05) is 0 Å². The van der Waals surface area contributed by atoms with Gasteiger partial charge in [0.15, 0.2) is 0 Å². The molecule has 2 aromatic carbocycles. The number of hydrogen-bond donors (Lipinski definition) is 2. The summed E-state index contributed by atoms with van der Waals surface area (Å²) in [4.78, 5) is 23.7. The van der Waals surface area contributed by atoms with Crippen molar-refractivity contribution in [2.45, 2.75) is 0 Å². The molecular weight excluding hydrogens is 354 g/mol. The van der Waals surface area contributed by atoms with Crippen LogP contribution >= 0.6 is 34.8 Å². The molecule has 2 rings (SSSR count). The molecule has 2 aromatic rings. The maximum atomic E-state index is 13.6. The van der Waals surface area contributed by atoms with Gasteiger partial charge in [-0.2, -0.15) is 0 Å². The van der Waals surface area contributed by atoms with Crippen LogP contribution in [0.4, 0.5) is 14.9 Å². The van der Waals surface area contributed by atoms with Crippen LogP contribution in [0, 0.1) is 5.82 Å². The number of halogens is 4. The lowest BCUT2D eigenvalue weighted by molar-refractivity contribution is 0.0963. The van der Waals surface area contributed by atoms with Crippen LogP contribution in [0.2, 0.25) is 15.1 Å². The Balaban J connectivity index is 2.12. The highest BCUT2D eigenvalue weighted by Crippen LogP contribution is 2.29. The number of benzene rings is 2. The minimum atomic E-state index is -0.973. The van der Waals surface area contributed by atoms with Crippen molar-refractivity contribution in [3.63, 3.8) is 0 Å². The highest BCUT2D eigenvalue weighted by Gasteiger charge is 2.18. The maximum Gasteiger partial charge on any atom is 0.326 e. The predicted molar refractivity (Wildman–Crippen MR) is 84.4 cm³/mol. The van der Waals surface area contributed by atoms with Crippen LogP contribution in [0.15, 0.2) is 36.4 Å². The molecule has 8 heteroatoms. The van der Waals surface area contributed by atoms with Gasteiger partial charge in [0.25, 0.3) is 5.91 Å². The Kier molecular flexibility index (Phi) is 5.24. The zero-order valence-corrected chi connectivity index (χ0v) is 13.1. The van der Waals surface area contributed by atoms with E-state index in [4.69, 9.17) is 34.8 Å². The van der Waals surface area contributed by atoms with Gasteiger partial charge in [-0.05, 0) is 24.3 Å². The van der Waals surface area contributed by atoms with Gasteiger partial charge in [0.2, 0.25) is 0 Å². The number of amides is 3. The number of carbonyl (C=O) groups excluding carboxylic acids is 2. The molecule has 22 heavy (non-hydrogen) atoms. The molecule has 114 valence electrons. The van der Waals surface area contributed by atoms with Crippen molar-refractivity contribution in [1.29, 1.82) is 0 Å². The second-order valence-electron chi connectivity index (χ2n) is 4.11. The zero-order chi connectivity index (χ0) is 16.3. The number of hydrogen-bond acceptors (Lipinski definition) is 2. The predicted octanol–water partition coefficient (Wildman–Crippen LogP) is 4.75. The third-order valence-corrected chi connectivity index (χ3v) is 3.75. The summed E-state index contributed by atoms with van der Waals surface area (Å²) >= 11 is 17.4. The first-order chi connectivity index (χ1) is 10.4. The van der Waals surface area contributed by atoms with Gasteiger partial charge >= 0.3 is 6.03 Å². The second kappa shape index (κ2) is 6.96. The Morgan fingerprint density at radius 1 is 0.955 bits per heavy atom. The van der Waals surface area contributed by atoms with Crippen molar-refractivity contribution in [3.8, 4) is 0 Å². The number of anilines is 1. The summed E-state index contributed by atoms with van der Waals surface area (Å²) in [5.41, 5.74) is -0.212. The Morgan fingerprint density at radius 3 is 2.27 bits per heavy atom. The fraction of sp³-hybridized carbons (Fsp3) is 0. The van der Waals surface area contributed by atoms with Gasteiger partial charge in [-0.25, -0.2) is 9.18 Å². The van der Waals surface area contributed by atoms with Crippen LogP contribution in [-0.4, -0.2) is 11.9 Å². The molecule has 4 nitrogen and oxygen atoms in total. The average molecular weight is 362 g/mol. The largest absolute Gasteiger partial charge is 0.326 e. The highest BCUT2D eigenvalue weighted by molar-refractivity contribution is 6.44. The van der Waals surface area contributed by atoms with Crippen LogP contribution in [0.25, 0.3) is 0 Å². The highest BCUT2D eigenvalue weighted by atomic mass is 35.5. The van der Waals surface area contributed by atoms with Gasteiger partial charge in [0.05, 0.1) is 26.3 Å². The Morgan fingerprint density at radius 2 is 1.59 bits per heavy atom. The van der Waals surface area contributed by atoms with Crippen LogP contribution in [0.3, 0.4) is 0 Å². The average Bonchev–Trinajstić information content (AvgIpc) is 2.43. The molecule has 0 aliphatic rings. The first-order valence-electron chi connectivity index (χ1n) is 5.90. The molecule has 0 aliphatic carbocycles. The number of rotatable bonds is 2. The van der Waals surface area contributed by atoms with E-state index in [0.717, 1.165) is 6.07 Å². The van der Waals surface area contributed by atoms with Gasteiger partial charge in [-0.3, -0.25) is 10.1 Å². The smallest absolute Gasteiger partial charge is 0.306 e. The molecule has 3 amide bonds. The Bertz CT molecular complexity index is 733. The summed E-state index contributed by atoms with van der Waals surface area (Å²) in [6, 6.07) is 7.46. The minimum absolute atomic E-state index is 0.105.